The average Bonchev–Trinajstić information content (AvgIpc) is 2.46. The van der Waals surface area contributed by atoms with Gasteiger partial charge in [0.1, 0.15) is 5.75 Å². The summed E-state index contributed by atoms with van der Waals surface area (Å²) in [5.74, 6) is 1.32. The molecule has 3 heteroatoms. The number of phenolic OH excluding ortho intramolecular Hbond substituents is 1. The summed E-state index contributed by atoms with van der Waals surface area (Å²) in [6.45, 7) is 0. The molecule has 0 aliphatic heterocycles. The summed E-state index contributed by atoms with van der Waals surface area (Å²) in [7, 11) is 2.01. The molecule has 0 saturated heterocycles. The topological polar surface area (TPSA) is 25.2 Å². The van der Waals surface area contributed by atoms with Crippen molar-refractivity contribution in [3.05, 3.63) is 30.0 Å². The van der Waals surface area contributed by atoms with E-state index in [2.05, 4.69) is 17.0 Å². The van der Waals surface area contributed by atoms with Gasteiger partial charge in [-0.3, -0.25) is 0 Å². The fraction of sp³-hybridized carbons (Fsp3) is 0.273. The minimum atomic E-state index is 0.382. The van der Waals surface area contributed by atoms with Crippen LogP contribution in [0.2, 0.25) is 0 Å². The van der Waals surface area contributed by atoms with Crippen LogP contribution in [0.3, 0.4) is 0 Å². The maximum atomic E-state index is 9.77. The van der Waals surface area contributed by atoms with E-state index >= 15 is 0 Å². The number of aromatic nitrogens is 1. The minimum absolute atomic E-state index is 0.382. The zero-order valence-electron chi connectivity index (χ0n) is 8.32. The molecule has 2 nitrogen and oxygen atoms in total. The fourth-order valence-electron chi connectivity index (χ4n) is 1.78. The van der Waals surface area contributed by atoms with Crippen LogP contribution >= 0.6 is 11.8 Å². The van der Waals surface area contributed by atoms with Crippen molar-refractivity contribution < 1.29 is 5.11 Å². The van der Waals surface area contributed by atoms with E-state index in [1.807, 2.05) is 19.2 Å². The van der Waals surface area contributed by atoms with E-state index in [0.717, 1.165) is 16.7 Å². The van der Waals surface area contributed by atoms with Gasteiger partial charge in [0.2, 0.25) is 0 Å². The number of thioether (sulfide) groups is 1. The zero-order valence-corrected chi connectivity index (χ0v) is 9.14. The second-order valence-electron chi connectivity index (χ2n) is 3.37. The van der Waals surface area contributed by atoms with Crippen LogP contribution in [0.15, 0.2) is 24.4 Å². The van der Waals surface area contributed by atoms with E-state index in [0.29, 0.717) is 5.75 Å². The van der Waals surface area contributed by atoms with Crippen LogP contribution in [0.25, 0.3) is 10.9 Å². The van der Waals surface area contributed by atoms with Crippen molar-refractivity contribution in [1.82, 2.24) is 4.57 Å². The second kappa shape index (κ2) is 3.58. The van der Waals surface area contributed by atoms with Gasteiger partial charge in [0, 0.05) is 24.4 Å². The number of rotatable bonds is 2. The van der Waals surface area contributed by atoms with Crippen LogP contribution in [-0.4, -0.2) is 15.9 Å². The van der Waals surface area contributed by atoms with Gasteiger partial charge in [0.05, 0.1) is 5.52 Å². The smallest absolute Gasteiger partial charge is 0.125 e. The molecule has 0 unspecified atom stereocenters. The van der Waals surface area contributed by atoms with Gasteiger partial charge in [-0.15, -0.1) is 0 Å². The molecule has 2 rings (SSSR count). The molecule has 0 amide bonds. The Morgan fingerprint density at radius 2 is 2.21 bits per heavy atom. The summed E-state index contributed by atoms with van der Waals surface area (Å²) in [6.07, 6.45) is 4.15. The predicted molar refractivity (Wildman–Crippen MR) is 61.8 cm³/mol. The van der Waals surface area contributed by atoms with E-state index in [-0.39, 0.29) is 0 Å². The maximum absolute atomic E-state index is 9.77. The summed E-state index contributed by atoms with van der Waals surface area (Å²) < 4.78 is 2.06. The number of aryl methyl sites for hydroxylation is 1. The normalized spacial score (nSPS) is 11.0. The Hall–Kier alpha value is -1.09. The third kappa shape index (κ3) is 1.38. The SMILES string of the molecule is CSCc1cn(C)c2cccc(O)c12. The molecule has 1 N–H and O–H groups in total. The van der Waals surface area contributed by atoms with E-state index in [1.165, 1.54) is 5.56 Å². The largest absolute Gasteiger partial charge is 0.507 e. The molecule has 0 saturated carbocycles. The molecule has 0 aliphatic carbocycles. The lowest BCUT2D eigenvalue weighted by atomic mass is 10.2. The number of hydrogen-bond donors (Lipinski definition) is 1. The lowest BCUT2D eigenvalue weighted by Gasteiger charge is -1.98. The standard InChI is InChI=1S/C11H13NOS/c1-12-6-8(7-14-2)11-9(12)4-3-5-10(11)13/h3-6,13H,7H2,1-2H3. The zero-order chi connectivity index (χ0) is 10.1. The molecule has 0 atom stereocenters. The van der Waals surface area contributed by atoms with Crippen LogP contribution < -0.4 is 0 Å². The molecule has 74 valence electrons. The number of hydrogen-bond acceptors (Lipinski definition) is 2. The molecular weight excluding hydrogens is 194 g/mol. The molecular formula is C11H13NOS. The highest BCUT2D eigenvalue weighted by Gasteiger charge is 2.09. The lowest BCUT2D eigenvalue weighted by Crippen LogP contribution is -1.82. The van der Waals surface area contributed by atoms with Crippen molar-refractivity contribution in [1.29, 1.82) is 0 Å². The second-order valence-corrected chi connectivity index (χ2v) is 4.24. The third-order valence-corrected chi connectivity index (χ3v) is 2.97. The van der Waals surface area contributed by atoms with Crippen molar-refractivity contribution in [3.63, 3.8) is 0 Å². The quantitative estimate of drug-likeness (QED) is 0.819. The van der Waals surface area contributed by atoms with Crippen molar-refractivity contribution >= 4 is 22.7 Å². The van der Waals surface area contributed by atoms with Gasteiger partial charge in [0.25, 0.3) is 0 Å². The highest BCUT2D eigenvalue weighted by atomic mass is 32.2. The van der Waals surface area contributed by atoms with Crippen molar-refractivity contribution in [2.45, 2.75) is 5.75 Å². The summed E-state index contributed by atoms with van der Waals surface area (Å²) in [6, 6.07) is 5.64. The minimum Gasteiger partial charge on any atom is -0.507 e. The van der Waals surface area contributed by atoms with Gasteiger partial charge in [-0.1, -0.05) is 6.07 Å². The first kappa shape index (κ1) is 9.46. The fourth-order valence-corrected chi connectivity index (χ4v) is 2.31. The number of benzene rings is 1. The molecule has 2 aromatic rings. The number of aromatic hydroxyl groups is 1. The molecule has 0 spiro atoms. The molecule has 0 radical (unpaired) electrons. The van der Waals surface area contributed by atoms with E-state index in [4.69, 9.17) is 0 Å². The Labute approximate surface area is 87.5 Å². The predicted octanol–water partition coefficient (Wildman–Crippen LogP) is 2.75. The third-order valence-electron chi connectivity index (χ3n) is 2.37. The first-order valence-electron chi connectivity index (χ1n) is 4.49. The molecule has 0 fully saturated rings. The number of fused-ring (bicyclic) bond motifs is 1. The number of nitrogens with zero attached hydrogens (tertiary/aromatic N) is 1. The van der Waals surface area contributed by atoms with Gasteiger partial charge in [-0.25, -0.2) is 0 Å². The first-order valence-corrected chi connectivity index (χ1v) is 5.88. The highest BCUT2D eigenvalue weighted by molar-refractivity contribution is 7.97. The highest BCUT2D eigenvalue weighted by Crippen LogP contribution is 2.30. The summed E-state index contributed by atoms with van der Waals surface area (Å²) >= 11 is 1.77. The molecule has 1 aromatic carbocycles. The molecule has 0 bridgehead atoms. The Balaban J connectivity index is 2.72. The Bertz CT molecular complexity index is 462. The monoisotopic (exact) mass is 207 g/mol. The van der Waals surface area contributed by atoms with Crippen molar-refractivity contribution in [3.8, 4) is 5.75 Å². The van der Waals surface area contributed by atoms with E-state index in [9.17, 15) is 5.11 Å². The van der Waals surface area contributed by atoms with Gasteiger partial charge >= 0.3 is 0 Å². The first-order chi connectivity index (χ1) is 6.74. The molecule has 14 heavy (non-hydrogen) atoms. The maximum Gasteiger partial charge on any atom is 0.125 e. The summed E-state index contributed by atoms with van der Waals surface area (Å²) in [5.41, 5.74) is 2.29. The summed E-state index contributed by atoms with van der Waals surface area (Å²) in [4.78, 5) is 0. The average molecular weight is 207 g/mol. The van der Waals surface area contributed by atoms with Gasteiger partial charge in [-0.05, 0) is 24.0 Å². The van der Waals surface area contributed by atoms with E-state index in [1.54, 1.807) is 17.8 Å². The van der Waals surface area contributed by atoms with Crippen LogP contribution in [0, 0.1) is 0 Å². The molecule has 1 heterocycles. The Kier molecular flexibility index (Phi) is 2.42. The Morgan fingerprint density at radius 1 is 1.43 bits per heavy atom. The lowest BCUT2D eigenvalue weighted by molar-refractivity contribution is 0.481. The number of phenols is 1. The molecule has 0 aliphatic rings. The van der Waals surface area contributed by atoms with Gasteiger partial charge in [-0.2, -0.15) is 11.8 Å². The van der Waals surface area contributed by atoms with Crippen molar-refractivity contribution in [2.75, 3.05) is 6.26 Å². The van der Waals surface area contributed by atoms with Gasteiger partial charge < -0.3 is 9.67 Å². The van der Waals surface area contributed by atoms with Crippen LogP contribution in [0.4, 0.5) is 0 Å². The Morgan fingerprint density at radius 3 is 2.93 bits per heavy atom. The van der Waals surface area contributed by atoms with Crippen molar-refractivity contribution in [2.24, 2.45) is 7.05 Å². The summed E-state index contributed by atoms with van der Waals surface area (Å²) in [5, 5.41) is 10.8. The van der Waals surface area contributed by atoms with Crippen LogP contribution in [0.5, 0.6) is 5.75 Å². The molecule has 1 aromatic heterocycles. The van der Waals surface area contributed by atoms with E-state index < -0.39 is 0 Å². The van der Waals surface area contributed by atoms with Crippen LogP contribution in [0.1, 0.15) is 5.56 Å². The van der Waals surface area contributed by atoms with Gasteiger partial charge in [0.15, 0.2) is 0 Å². The van der Waals surface area contributed by atoms with Crippen LogP contribution in [-0.2, 0) is 12.8 Å².